The lowest BCUT2D eigenvalue weighted by Gasteiger charge is -2.33. The molecule has 1 atom stereocenters. The van der Waals surface area contributed by atoms with Gasteiger partial charge in [-0.05, 0) is 47.3 Å². The van der Waals surface area contributed by atoms with Crippen LogP contribution in [0.25, 0.3) is 0 Å². The van der Waals surface area contributed by atoms with E-state index < -0.39 is 0 Å². The Hall–Kier alpha value is -1.56. The summed E-state index contributed by atoms with van der Waals surface area (Å²) in [6, 6.07) is 20.1. The summed E-state index contributed by atoms with van der Waals surface area (Å²) in [5, 5.41) is 0. The average Bonchev–Trinajstić information content (AvgIpc) is 2.55. The van der Waals surface area contributed by atoms with Crippen molar-refractivity contribution in [2.45, 2.75) is 59.3 Å². The van der Waals surface area contributed by atoms with Gasteiger partial charge in [-0.2, -0.15) is 0 Å². The quantitative estimate of drug-likeness (QED) is 0.554. The second kappa shape index (κ2) is 7.63. The molecule has 0 bridgehead atoms. The molecule has 0 saturated heterocycles. The van der Waals surface area contributed by atoms with Crippen molar-refractivity contribution in [3.63, 3.8) is 0 Å². The van der Waals surface area contributed by atoms with Gasteiger partial charge in [0, 0.05) is 0 Å². The molecule has 0 fully saturated rings. The van der Waals surface area contributed by atoms with Gasteiger partial charge in [0.05, 0.1) is 0 Å². The Labute approximate surface area is 136 Å². The van der Waals surface area contributed by atoms with E-state index in [1.165, 1.54) is 29.5 Å². The standard InChI is InChI=1S/C22H30/c1-5-21(22(3,4)6-2)20-16-14-19(15-17-20)13-12-18-10-8-7-9-11-18/h7-11,14-17,21H,5-6,12-13H2,1-4H3. The Bertz CT molecular complexity index is 548. The van der Waals surface area contributed by atoms with Gasteiger partial charge in [0.25, 0.3) is 0 Å². The third kappa shape index (κ3) is 4.22. The Morgan fingerprint density at radius 2 is 1.32 bits per heavy atom. The molecule has 0 aliphatic carbocycles. The van der Waals surface area contributed by atoms with E-state index in [0.29, 0.717) is 11.3 Å². The zero-order valence-electron chi connectivity index (χ0n) is 14.6. The van der Waals surface area contributed by atoms with Gasteiger partial charge in [0.1, 0.15) is 0 Å². The molecule has 0 heterocycles. The molecule has 0 amide bonds. The fourth-order valence-corrected chi connectivity index (χ4v) is 3.34. The van der Waals surface area contributed by atoms with Crippen molar-refractivity contribution in [3.8, 4) is 0 Å². The smallest absolute Gasteiger partial charge is 0.0113 e. The van der Waals surface area contributed by atoms with Gasteiger partial charge in [-0.15, -0.1) is 0 Å². The summed E-state index contributed by atoms with van der Waals surface area (Å²) >= 11 is 0. The van der Waals surface area contributed by atoms with Crippen molar-refractivity contribution >= 4 is 0 Å². The molecule has 0 heteroatoms. The summed E-state index contributed by atoms with van der Waals surface area (Å²) in [7, 11) is 0. The number of hydrogen-bond acceptors (Lipinski definition) is 0. The maximum Gasteiger partial charge on any atom is -0.0113 e. The lowest BCUT2D eigenvalue weighted by molar-refractivity contribution is 0.267. The van der Waals surface area contributed by atoms with Crippen LogP contribution in [-0.2, 0) is 12.8 Å². The third-order valence-corrected chi connectivity index (χ3v) is 5.19. The molecule has 0 spiro atoms. The average molecular weight is 294 g/mol. The largest absolute Gasteiger partial charge is 0.0649 e. The lowest BCUT2D eigenvalue weighted by Crippen LogP contribution is -2.20. The zero-order valence-corrected chi connectivity index (χ0v) is 14.6. The molecule has 118 valence electrons. The molecule has 0 aromatic heterocycles. The van der Waals surface area contributed by atoms with Crippen LogP contribution in [0, 0.1) is 5.41 Å². The molecule has 2 rings (SSSR count). The van der Waals surface area contributed by atoms with Crippen LogP contribution in [0.15, 0.2) is 54.6 Å². The van der Waals surface area contributed by atoms with Crippen LogP contribution in [-0.4, -0.2) is 0 Å². The fourth-order valence-electron chi connectivity index (χ4n) is 3.34. The minimum absolute atomic E-state index is 0.375. The van der Waals surface area contributed by atoms with Crippen LogP contribution >= 0.6 is 0 Å². The number of aryl methyl sites for hydroxylation is 2. The topological polar surface area (TPSA) is 0 Å². The highest BCUT2D eigenvalue weighted by Gasteiger charge is 2.27. The third-order valence-electron chi connectivity index (χ3n) is 5.19. The number of benzene rings is 2. The lowest BCUT2D eigenvalue weighted by atomic mass is 9.72. The maximum atomic E-state index is 2.39. The summed E-state index contributed by atoms with van der Waals surface area (Å²) in [4.78, 5) is 0. The van der Waals surface area contributed by atoms with Crippen LogP contribution in [0.1, 0.15) is 63.1 Å². The van der Waals surface area contributed by atoms with Crippen LogP contribution in [0.5, 0.6) is 0 Å². The minimum Gasteiger partial charge on any atom is -0.0649 e. The minimum atomic E-state index is 0.375. The highest BCUT2D eigenvalue weighted by Crippen LogP contribution is 2.40. The molecular weight excluding hydrogens is 264 g/mol. The summed E-state index contributed by atoms with van der Waals surface area (Å²) in [6.45, 7) is 9.40. The van der Waals surface area contributed by atoms with Crippen molar-refractivity contribution in [2.75, 3.05) is 0 Å². The first kappa shape index (κ1) is 16.8. The van der Waals surface area contributed by atoms with Crippen LogP contribution < -0.4 is 0 Å². The number of hydrogen-bond donors (Lipinski definition) is 0. The van der Waals surface area contributed by atoms with Crippen LogP contribution in [0.4, 0.5) is 0 Å². The van der Waals surface area contributed by atoms with Gasteiger partial charge in [-0.3, -0.25) is 0 Å². The predicted molar refractivity (Wildman–Crippen MR) is 97.4 cm³/mol. The van der Waals surface area contributed by atoms with Gasteiger partial charge in [0.15, 0.2) is 0 Å². The van der Waals surface area contributed by atoms with Crippen molar-refractivity contribution in [3.05, 3.63) is 71.3 Å². The van der Waals surface area contributed by atoms with E-state index in [0.717, 1.165) is 12.8 Å². The zero-order chi connectivity index (χ0) is 16.0. The predicted octanol–water partition coefficient (Wildman–Crippen LogP) is 6.40. The molecule has 0 aliphatic heterocycles. The van der Waals surface area contributed by atoms with Crippen molar-refractivity contribution in [1.82, 2.24) is 0 Å². The van der Waals surface area contributed by atoms with E-state index >= 15 is 0 Å². The van der Waals surface area contributed by atoms with E-state index in [4.69, 9.17) is 0 Å². The fraction of sp³-hybridized carbons (Fsp3) is 0.455. The monoisotopic (exact) mass is 294 g/mol. The molecule has 0 N–H and O–H groups in total. The highest BCUT2D eigenvalue weighted by molar-refractivity contribution is 5.28. The first-order valence-corrected chi connectivity index (χ1v) is 8.69. The van der Waals surface area contributed by atoms with E-state index in [1.807, 2.05) is 0 Å². The van der Waals surface area contributed by atoms with Crippen LogP contribution in [0.2, 0.25) is 0 Å². The van der Waals surface area contributed by atoms with Gasteiger partial charge in [0.2, 0.25) is 0 Å². The Balaban J connectivity index is 2.03. The van der Waals surface area contributed by atoms with E-state index in [9.17, 15) is 0 Å². The normalized spacial score (nSPS) is 13.1. The molecule has 0 aliphatic rings. The van der Waals surface area contributed by atoms with Gasteiger partial charge >= 0.3 is 0 Å². The van der Waals surface area contributed by atoms with E-state index in [1.54, 1.807) is 0 Å². The van der Waals surface area contributed by atoms with Gasteiger partial charge in [-0.25, -0.2) is 0 Å². The van der Waals surface area contributed by atoms with E-state index in [2.05, 4.69) is 82.3 Å². The van der Waals surface area contributed by atoms with Gasteiger partial charge < -0.3 is 0 Å². The summed E-state index contributed by atoms with van der Waals surface area (Å²) in [6.07, 6.45) is 4.68. The molecule has 22 heavy (non-hydrogen) atoms. The van der Waals surface area contributed by atoms with Gasteiger partial charge in [-0.1, -0.05) is 88.7 Å². The second-order valence-corrected chi connectivity index (χ2v) is 7.03. The first-order chi connectivity index (χ1) is 10.6. The molecular formula is C22H30. The molecule has 1 unspecified atom stereocenters. The molecule has 2 aromatic carbocycles. The second-order valence-electron chi connectivity index (χ2n) is 7.03. The van der Waals surface area contributed by atoms with Crippen molar-refractivity contribution < 1.29 is 0 Å². The molecule has 0 saturated carbocycles. The Kier molecular flexibility index (Phi) is 5.83. The molecule has 0 radical (unpaired) electrons. The summed E-state index contributed by atoms with van der Waals surface area (Å²) in [5.41, 5.74) is 4.74. The molecule has 0 nitrogen and oxygen atoms in total. The Morgan fingerprint density at radius 1 is 0.773 bits per heavy atom. The molecule has 2 aromatic rings. The number of rotatable bonds is 7. The van der Waals surface area contributed by atoms with Crippen LogP contribution in [0.3, 0.4) is 0 Å². The Morgan fingerprint density at radius 3 is 1.82 bits per heavy atom. The van der Waals surface area contributed by atoms with E-state index in [-0.39, 0.29) is 0 Å². The first-order valence-electron chi connectivity index (χ1n) is 8.69. The van der Waals surface area contributed by atoms with Crippen molar-refractivity contribution in [1.29, 1.82) is 0 Å². The summed E-state index contributed by atoms with van der Waals surface area (Å²) < 4.78 is 0. The summed E-state index contributed by atoms with van der Waals surface area (Å²) in [5.74, 6) is 0.653. The SMILES string of the molecule is CCC(c1ccc(CCc2ccccc2)cc1)C(C)(C)CC. The van der Waals surface area contributed by atoms with Crippen molar-refractivity contribution in [2.24, 2.45) is 5.41 Å². The highest BCUT2D eigenvalue weighted by atomic mass is 14.3. The maximum absolute atomic E-state index is 2.39.